The average Bonchev–Trinajstić information content (AvgIpc) is 2.95. The van der Waals surface area contributed by atoms with E-state index < -0.39 is 29.4 Å². The summed E-state index contributed by atoms with van der Waals surface area (Å²) in [6, 6.07) is 16.1. The minimum atomic E-state index is -0.755. The Labute approximate surface area is 232 Å². The predicted octanol–water partition coefficient (Wildman–Crippen LogP) is 2.99. The van der Waals surface area contributed by atoms with E-state index >= 15 is 0 Å². The zero-order valence-electron chi connectivity index (χ0n) is 23.3. The van der Waals surface area contributed by atoms with Crippen LogP contribution >= 0.6 is 0 Å². The number of hydrogen-bond acceptors (Lipinski definition) is 9. The topological polar surface area (TPSA) is 127 Å². The van der Waals surface area contributed by atoms with Crippen molar-refractivity contribution in [3.63, 3.8) is 0 Å². The fourth-order valence-electron chi connectivity index (χ4n) is 4.70. The number of aromatic nitrogens is 2. The van der Waals surface area contributed by atoms with Gasteiger partial charge in [0.25, 0.3) is 5.91 Å². The largest absolute Gasteiger partial charge is 0.497 e. The maximum Gasteiger partial charge on any atom is 0.351 e. The van der Waals surface area contributed by atoms with E-state index in [0.717, 1.165) is 5.56 Å². The summed E-state index contributed by atoms with van der Waals surface area (Å²) in [5, 5.41) is 0. The molecule has 11 nitrogen and oxygen atoms in total. The molecule has 2 aromatic carbocycles. The third-order valence-electron chi connectivity index (χ3n) is 6.68. The number of nitrogens with one attached hydrogen (secondary N) is 2. The van der Waals surface area contributed by atoms with Crippen molar-refractivity contribution in [3.8, 4) is 5.75 Å². The van der Waals surface area contributed by atoms with Crippen molar-refractivity contribution in [3.05, 3.63) is 81.8 Å². The summed E-state index contributed by atoms with van der Waals surface area (Å²) in [6.07, 6.45) is 0. The van der Waals surface area contributed by atoms with Crippen LogP contribution in [0.3, 0.4) is 0 Å². The maximum absolute atomic E-state index is 13.3. The van der Waals surface area contributed by atoms with Gasteiger partial charge in [0.15, 0.2) is 5.82 Å². The first-order valence-electron chi connectivity index (χ1n) is 13.0. The van der Waals surface area contributed by atoms with Gasteiger partial charge >= 0.3 is 11.7 Å². The number of fused-ring (bicyclic) bond motifs is 1. The van der Waals surface area contributed by atoms with E-state index in [1.54, 1.807) is 45.2 Å². The number of methoxy groups -OCH3 is 1. The van der Waals surface area contributed by atoms with E-state index in [-0.39, 0.29) is 12.4 Å². The van der Waals surface area contributed by atoms with E-state index in [2.05, 4.69) is 15.8 Å². The maximum atomic E-state index is 13.3. The highest BCUT2D eigenvalue weighted by Gasteiger charge is 2.42. The van der Waals surface area contributed by atoms with Gasteiger partial charge < -0.3 is 14.4 Å². The Morgan fingerprint density at radius 3 is 2.40 bits per heavy atom. The lowest BCUT2D eigenvalue weighted by molar-refractivity contribution is -0.146. The molecule has 0 aliphatic carbocycles. The third-order valence-corrected chi connectivity index (χ3v) is 6.68. The Kier molecular flexibility index (Phi) is 8.95. The van der Waals surface area contributed by atoms with Gasteiger partial charge in [-0.3, -0.25) is 25.0 Å². The molecular weight excluding hydrogens is 512 g/mol. The molecule has 40 heavy (non-hydrogen) atoms. The Morgan fingerprint density at radius 2 is 1.77 bits per heavy atom. The summed E-state index contributed by atoms with van der Waals surface area (Å²) in [4.78, 5) is 50.5. The number of ether oxygens (including phenoxy) is 2. The van der Waals surface area contributed by atoms with Crippen molar-refractivity contribution in [2.75, 3.05) is 39.8 Å². The standard InChI is InChI=1S/C29H34N6O5/c1-6-40-28(37)22-18(2)30-26-24(23(22)19-10-8-7-9-11-19)25(31-29(38)35(26)17-16-34(3)4)32-33-27(36)20-12-14-21(39-5)15-13-20/h7-15,22-23H,6,16-17H2,1-5H3,(H,33,36)(H,31,32,38). The molecule has 0 fully saturated rings. The number of nitrogens with zero attached hydrogens (tertiary/aromatic N) is 4. The second-order valence-electron chi connectivity index (χ2n) is 9.61. The minimum absolute atomic E-state index is 0.113. The zero-order chi connectivity index (χ0) is 28.8. The van der Waals surface area contributed by atoms with Crippen LogP contribution in [0.15, 0.2) is 64.4 Å². The van der Waals surface area contributed by atoms with Crippen LogP contribution in [0.4, 0.5) is 11.6 Å². The number of rotatable bonds is 10. The SMILES string of the molecule is CCOC(=O)C1C(C)=Nc2c(c(NNC(=O)c3ccc(OC)cc3)nc(=O)n2CCN(C)C)C1c1ccccc1. The lowest BCUT2D eigenvalue weighted by atomic mass is 9.76. The van der Waals surface area contributed by atoms with Crippen molar-refractivity contribution < 1.29 is 19.1 Å². The fourth-order valence-corrected chi connectivity index (χ4v) is 4.70. The van der Waals surface area contributed by atoms with Crippen molar-refractivity contribution in [1.82, 2.24) is 19.9 Å². The highest BCUT2D eigenvalue weighted by Crippen LogP contribution is 2.45. The molecule has 0 radical (unpaired) electrons. The fraction of sp³-hybridized carbons (Fsp3) is 0.345. The first kappa shape index (κ1) is 28.5. The van der Waals surface area contributed by atoms with E-state index in [0.29, 0.717) is 41.5 Å². The van der Waals surface area contributed by atoms with Gasteiger partial charge in [0, 0.05) is 35.8 Å². The first-order valence-corrected chi connectivity index (χ1v) is 13.0. The Balaban J connectivity index is 1.85. The molecule has 11 heteroatoms. The molecule has 4 rings (SSSR count). The molecule has 1 aliphatic rings. The molecule has 0 saturated heterocycles. The number of carbonyl (C=O) groups is 2. The number of aliphatic imine (C=N–C) groups is 1. The van der Waals surface area contributed by atoms with E-state index in [9.17, 15) is 14.4 Å². The van der Waals surface area contributed by atoms with E-state index in [1.165, 1.54) is 4.57 Å². The van der Waals surface area contributed by atoms with Crippen LogP contribution in [0, 0.1) is 5.92 Å². The minimum Gasteiger partial charge on any atom is -0.497 e. The second-order valence-corrected chi connectivity index (χ2v) is 9.61. The number of carbonyl (C=O) groups excluding carboxylic acids is 2. The third kappa shape index (κ3) is 6.04. The molecule has 0 saturated carbocycles. The average molecular weight is 547 g/mol. The van der Waals surface area contributed by atoms with Gasteiger partial charge in [0.2, 0.25) is 0 Å². The van der Waals surface area contributed by atoms with Crippen molar-refractivity contribution in [2.45, 2.75) is 26.3 Å². The molecule has 3 aromatic rings. The van der Waals surface area contributed by atoms with Crippen molar-refractivity contribution in [1.29, 1.82) is 0 Å². The lowest BCUT2D eigenvalue weighted by Gasteiger charge is -2.33. The highest BCUT2D eigenvalue weighted by atomic mass is 16.5. The van der Waals surface area contributed by atoms with Gasteiger partial charge in [-0.05, 0) is 57.8 Å². The Bertz CT molecular complexity index is 1450. The molecule has 0 spiro atoms. The summed E-state index contributed by atoms with van der Waals surface area (Å²) < 4.78 is 12.1. The lowest BCUT2D eigenvalue weighted by Crippen LogP contribution is -2.39. The molecule has 2 unspecified atom stereocenters. The van der Waals surface area contributed by atoms with Gasteiger partial charge in [0.05, 0.1) is 13.7 Å². The molecular formula is C29H34N6O5. The number of amides is 1. The quantitative estimate of drug-likeness (QED) is 0.294. The monoisotopic (exact) mass is 546 g/mol. The van der Waals surface area contributed by atoms with Crippen LogP contribution in [0.1, 0.15) is 41.3 Å². The van der Waals surface area contributed by atoms with Crippen LogP contribution in [0.5, 0.6) is 5.75 Å². The molecule has 0 bridgehead atoms. The van der Waals surface area contributed by atoms with Gasteiger partial charge in [0.1, 0.15) is 17.5 Å². The summed E-state index contributed by atoms with van der Waals surface area (Å²) in [5.41, 5.74) is 7.20. The van der Waals surface area contributed by atoms with Crippen LogP contribution in [0.2, 0.25) is 0 Å². The molecule has 1 aromatic heterocycles. The molecule has 210 valence electrons. The molecule has 1 amide bonds. The number of likely N-dealkylation sites (N-methyl/N-ethyl adjacent to an activating group) is 1. The van der Waals surface area contributed by atoms with E-state index in [1.807, 2.05) is 49.3 Å². The molecule has 2 atom stereocenters. The summed E-state index contributed by atoms with van der Waals surface area (Å²) in [6.45, 7) is 4.63. The summed E-state index contributed by atoms with van der Waals surface area (Å²) in [5.74, 6) is -1.09. The van der Waals surface area contributed by atoms with Gasteiger partial charge in [-0.25, -0.2) is 9.79 Å². The first-order chi connectivity index (χ1) is 19.2. The van der Waals surface area contributed by atoms with Gasteiger partial charge in [-0.1, -0.05) is 30.3 Å². The van der Waals surface area contributed by atoms with Crippen molar-refractivity contribution >= 4 is 29.2 Å². The van der Waals surface area contributed by atoms with Crippen LogP contribution < -0.4 is 21.3 Å². The molecule has 1 aliphatic heterocycles. The zero-order valence-corrected chi connectivity index (χ0v) is 23.3. The number of benzene rings is 2. The second kappa shape index (κ2) is 12.6. The number of hydrazine groups is 1. The number of esters is 1. The molecule has 2 N–H and O–H groups in total. The predicted molar refractivity (Wildman–Crippen MR) is 152 cm³/mol. The normalized spacial score (nSPS) is 16.1. The smallest absolute Gasteiger partial charge is 0.351 e. The Morgan fingerprint density at radius 1 is 1.07 bits per heavy atom. The highest BCUT2D eigenvalue weighted by molar-refractivity contribution is 6.05. The summed E-state index contributed by atoms with van der Waals surface area (Å²) in [7, 11) is 5.37. The molecule has 2 heterocycles. The van der Waals surface area contributed by atoms with E-state index in [4.69, 9.17) is 14.5 Å². The van der Waals surface area contributed by atoms with Crippen LogP contribution in [-0.2, 0) is 16.1 Å². The van der Waals surface area contributed by atoms with Gasteiger partial charge in [-0.2, -0.15) is 4.98 Å². The Hall–Kier alpha value is -4.51. The summed E-state index contributed by atoms with van der Waals surface area (Å²) >= 11 is 0. The number of hydrogen-bond donors (Lipinski definition) is 2. The van der Waals surface area contributed by atoms with Crippen LogP contribution in [0.25, 0.3) is 0 Å². The van der Waals surface area contributed by atoms with Gasteiger partial charge in [-0.15, -0.1) is 0 Å². The van der Waals surface area contributed by atoms with Crippen molar-refractivity contribution in [2.24, 2.45) is 10.9 Å². The number of anilines is 1. The van der Waals surface area contributed by atoms with Crippen LogP contribution in [-0.4, -0.2) is 66.4 Å².